The number of aliphatic hydroxyl groups excluding tert-OH is 1. The minimum atomic E-state index is -0.249. The summed E-state index contributed by atoms with van der Waals surface area (Å²) in [7, 11) is 0. The van der Waals surface area contributed by atoms with Crippen molar-refractivity contribution in [3.05, 3.63) is 66.6 Å². The number of carbonyl (C=O) groups is 1. The molecule has 0 spiro atoms. The molecule has 32 heavy (non-hydrogen) atoms. The molecule has 4 aromatic rings. The van der Waals surface area contributed by atoms with E-state index in [4.69, 9.17) is 4.98 Å². The highest BCUT2D eigenvalue weighted by atomic mass is 16.3. The molecule has 4 heterocycles. The number of carbonyl (C=O) groups excluding carboxylic acids is 1. The number of amides is 1. The van der Waals surface area contributed by atoms with Crippen LogP contribution in [0.25, 0.3) is 16.9 Å². The van der Waals surface area contributed by atoms with Crippen LogP contribution in [0.15, 0.2) is 61.1 Å². The van der Waals surface area contributed by atoms with Crippen molar-refractivity contribution in [3.8, 4) is 11.3 Å². The van der Waals surface area contributed by atoms with Gasteiger partial charge >= 0.3 is 0 Å². The van der Waals surface area contributed by atoms with E-state index < -0.39 is 0 Å². The Morgan fingerprint density at radius 3 is 2.84 bits per heavy atom. The smallest absolute Gasteiger partial charge is 0.228 e. The van der Waals surface area contributed by atoms with Crippen LogP contribution in [0.1, 0.15) is 12.0 Å². The third-order valence-electron chi connectivity index (χ3n) is 6.06. The van der Waals surface area contributed by atoms with Crippen LogP contribution in [0.5, 0.6) is 0 Å². The summed E-state index contributed by atoms with van der Waals surface area (Å²) in [6, 6.07) is 14.1. The molecule has 2 aliphatic rings. The van der Waals surface area contributed by atoms with Crippen LogP contribution in [0, 0.1) is 0 Å². The van der Waals surface area contributed by atoms with Gasteiger partial charge in [-0.15, -0.1) is 0 Å². The van der Waals surface area contributed by atoms with Crippen LogP contribution in [0.3, 0.4) is 0 Å². The first-order valence-electron chi connectivity index (χ1n) is 10.7. The van der Waals surface area contributed by atoms with Gasteiger partial charge in [-0.1, -0.05) is 12.1 Å². The molecular formula is C24H22N6O2. The number of β-amino-alcohol motifs (C(OH)–C–C–N with tert-alkyl or cyclic N) is 1. The van der Waals surface area contributed by atoms with Gasteiger partial charge in [0.05, 0.1) is 18.2 Å². The van der Waals surface area contributed by atoms with Crippen molar-refractivity contribution in [2.45, 2.75) is 18.9 Å². The zero-order valence-corrected chi connectivity index (χ0v) is 17.3. The molecular weight excluding hydrogens is 404 g/mol. The molecule has 3 N–H and O–H groups in total. The maximum Gasteiger partial charge on any atom is 0.228 e. The van der Waals surface area contributed by atoms with Crippen molar-refractivity contribution >= 4 is 34.4 Å². The highest BCUT2D eigenvalue weighted by molar-refractivity contribution is 5.99. The molecule has 0 radical (unpaired) electrons. The molecule has 1 amide bonds. The summed E-state index contributed by atoms with van der Waals surface area (Å²) in [4.78, 5) is 23.2. The fourth-order valence-electron chi connectivity index (χ4n) is 4.40. The maximum absolute atomic E-state index is 11.7. The second-order valence-corrected chi connectivity index (χ2v) is 8.29. The molecule has 0 bridgehead atoms. The summed E-state index contributed by atoms with van der Waals surface area (Å²) >= 11 is 0. The van der Waals surface area contributed by atoms with Gasteiger partial charge in [-0.3, -0.25) is 4.79 Å². The van der Waals surface area contributed by atoms with Gasteiger partial charge in [-0.05, 0) is 42.3 Å². The topological polar surface area (TPSA) is 94.8 Å². The lowest BCUT2D eigenvalue weighted by Gasteiger charge is -2.18. The van der Waals surface area contributed by atoms with Gasteiger partial charge < -0.3 is 25.0 Å². The Balaban J connectivity index is 1.32. The Labute approximate surface area is 184 Å². The fraction of sp³-hybridized carbons (Fsp3) is 0.208. The number of hydrogen-bond donors (Lipinski definition) is 3. The molecule has 1 fully saturated rings. The monoisotopic (exact) mass is 426 g/mol. The molecule has 1 unspecified atom stereocenters. The summed E-state index contributed by atoms with van der Waals surface area (Å²) in [5, 5.41) is 16.1. The minimum absolute atomic E-state index is 0.0180. The second-order valence-electron chi connectivity index (χ2n) is 8.29. The number of hydrogen-bond acceptors (Lipinski definition) is 6. The molecule has 1 saturated heterocycles. The minimum Gasteiger partial charge on any atom is -0.391 e. The number of nitrogens with zero attached hydrogens (tertiary/aromatic N) is 4. The average molecular weight is 426 g/mol. The highest BCUT2D eigenvalue weighted by Gasteiger charge is 2.21. The van der Waals surface area contributed by atoms with E-state index in [0.29, 0.717) is 18.8 Å². The van der Waals surface area contributed by atoms with E-state index >= 15 is 0 Å². The van der Waals surface area contributed by atoms with E-state index in [0.717, 1.165) is 52.5 Å². The van der Waals surface area contributed by atoms with Crippen LogP contribution in [-0.4, -0.2) is 44.6 Å². The van der Waals surface area contributed by atoms with Gasteiger partial charge in [0.15, 0.2) is 11.5 Å². The third-order valence-corrected chi connectivity index (χ3v) is 6.06. The van der Waals surface area contributed by atoms with Crippen molar-refractivity contribution in [3.63, 3.8) is 0 Å². The number of aromatic nitrogens is 3. The number of nitrogens with one attached hydrogen (secondary N) is 2. The molecule has 2 aliphatic heterocycles. The predicted octanol–water partition coefficient (Wildman–Crippen LogP) is 3.21. The Bertz CT molecular complexity index is 1330. The lowest BCUT2D eigenvalue weighted by atomic mass is 10.1. The van der Waals surface area contributed by atoms with Crippen LogP contribution in [-0.2, 0) is 11.2 Å². The molecule has 1 atom stereocenters. The Morgan fingerprint density at radius 1 is 1.16 bits per heavy atom. The van der Waals surface area contributed by atoms with E-state index in [9.17, 15) is 9.90 Å². The zero-order valence-electron chi connectivity index (χ0n) is 17.3. The quantitative estimate of drug-likeness (QED) is 0.464. The molecule has 0 saturated carbocycles. The van der Waals surface area contributed by atoms with Crippen LogP contribution in [0.2, 0.25) is 0 Å². The van der Waals surface area contributed by atoms with Crippen molar-refractivity contribution in [2.75, 3.05) is 28.6 Å². The highest BCUT2D eigenvalue weighted by Crippen LogP contribution is 2.31. The molecule has 0 aliphatic carbocycles. The fourth-order valence-corrected chi connectivity index (χ4v) is 4.40. The van der Waals surface area contributed by atoms with Gasteiger partial charge in [0, 0.05) is 54.3 Å². The molecule has 2 aromatic carbocycles. The first kappa shape index (κ1) is 18.8. The van der Waals surface area contributed by atoms with Crippen molar-refractivity contribution < 1.29 is 9.90 Å². The largest absolute Gasteiger partial charge is 0.391 e. The first-order chi connectivity index (χ1) is 15.6. The van der Waals surface area contributed by atoms with Crippen LogP contribution in [0.4, 0.5) is 22.9 Å². The summed E-state index contributed by atoms with van der Waals surface area (Å²) in [5.41, 5.74) is 6.29. The zero-order chi connectivity index (χ0) is 21.7. The van der Waals surface area contributed by atoms with Crippen LogP contribution >= 0.6 is 0 Å². The summed E-state index contributed by atoms with van der Waals surface area (Å²) in [6.07, 6.45) is 6.55. The number of imidazole rings is 1. The number of anilines is 4. The number of benzene rings is 2. The van der Waals surface area contributed by atoms with Gasteiger partial charge in [-0.25, -0.2) is 9.97 Å². The lowest BCUT2D eigenvalue weighted by Crippen LogP contribution is -2.20. The Morgan fingerprint density at radius 2 is 2.03 bits per heavy atom. The number of fused-ring (bicyclic) bond motifs is 2. The average Bonchev–Trinajstić information content (AvgIpc) is 3.52. The van der Waals surface area contributed by atoms with E-state index in [2.05, 4.69) is 32.7 Å². The Kier molecular flexibility index (Phi) is 4.32. The summed E-state index contributed by atoms with van der Waals surface area (Å²) in [5.74, 6) is 0.672. The van der Waals surface area contributed by atoms with Gasteiger partial charge in [0.1, 0.15) is 0 Å². The standard InChI is InChI=1S/C24H22N6O2/c31-19-7-9-29(13-19)18-5-3-17(4-6-18)26-23-24-25-8-10-30(24)14-21(28-23)15-1-2-16-12-22(32)27-20(16)11-15/h1-6,8,10-11,14,19,31H,7,9,12-13H2,(H,26,28)(H,27,32). The van der Waals surface area contributed by atoms with Crippen molar-refractivity contribution in [1.29, 1.82) is 0 Å². The van der Waals surface area contributed by atoms with Gasteiger partial charge in [0.2, 0.25) is 5.91 Å². The molecule has 8 heteroatoms. The molecule has 160 valence electrons. The Hall–Kier alpha value is -3.91. The van der Waals surface area contributed by atoms with E-state index in [1.807, 2.05) is 47.1 Å². The van der Waals surface area contributed by atoms with Crippen molar-refractivity contribution in [2.24, 2.45) is 0 Å². The van der Waals surface area contributed by atoms with E-state index in [1.165, 1.54) is 0 Å². The van der Waals surface area contributed by atoms with Gasteiger partial charge in [0.25, 0.3) is 0 Å². The second kappa shape index (κ2) is 7.35. The molecule has 2 aromatic heterocycles. The predicted molar refractivity (Wildman–Crippen MR) is 123 cm³/mol. The SMILES string of the molecule is O=C1Cc2ccc(-c3cn4ccnc4c(Nc4ccc(N5CCC(O)C5)cc4)n3)cc2N1. The first-order valence-corrected chi connectivity index (χ1v) is 10.7. The number of rotatable bonds is 4. The summed E-state index contributed by atoms with van der Waals surface area (Å²) in [6.45, 7) is 1.54. The number of aliphatic hydroxyl groups is 1. The van der Waals surface area contributed by atoms with Gasteiger partial charge in [-0.2, -0.15) is 0 Å². The van der Waals surface area contributed by atoms with Crippen LogP contribution < -0.4 is 15.5 Å². The normalized spacial score (nSPS) is 17.6. The van der Waals surface area contributed by atoms with E-state index in [1.54, 1.807) is 6.20 Å². The van der Waals surface area contributed by atoms with E-state index in [-0.39, 0.29) is 12.0 Å². The third kappa shape index (κ3) is 3.34. The van der Waals surface area contributed by atoms with Crippen molar-refractivity contribution in [1.82, 2.24) is 14.4 Å². The summed E-state index contributed by atoms with van der Waals surface area (Å²) < 4.78 is 1.94. The molecule has 6 rings (SSSR count). The molecule has 8 nitrogen and oxygen atoms in total. The lowest BCUT2D eigenvalue weighted by molar-refractivity contribution is -0.115. The maximum atomic E-state index is 11.7.